The van der Waals surface area contributed by atoms with Crippen LogP contribution in [0.2, 0.25) is 0 Å². The molecule has 0 fully saturated rings. The monoisotopic (exact) mass is 405 g/mol. The third kappa shape index (κ3) is 4.54. The number of anilines is 1. The molecule has 2 amide bonds. The second-order valence-corrected chi connectivity index (χ2v) is 6.83. The molecule has 0 bridgehead atoms. The van der Waals surface area contributed by atoms with E-state index in [0.717, 1.165) is 11.1 Å². The Morgan fingerprint density at radius 3 is 2.67 bits per heavy atom. The second-order valence-electron chi connectivity index (χ2n) is 6.83. The van der Waals surface area contributed by atoms with E-state index in [-0.39, 0.29) is 24.1 Å². The van der Waals surface area contributed by atoms with Gasteiger partial charge in [0.05, 0.1) is 6.54 Å². The van der Waals surface area contributed by atoms with Crippen LogP contribution in [0.15, 0.2) is 77.7 Å². The number of hydrogen-bond acceptors (Lipinski definition) is 3. The zero-order valence-electron chi connectivity index (χ0n) is 16.1. The maximum absolute atomic E-state index is 13.2. The molecule has 8 heteroatoms. The Morgan fingerprint density at radius 2 is 1.83 bits per heavy atom. The molecule has 0 spiro atoms. The van der Waals surface area contributed by atoms with Crippen LogP contribution in [0.5, 0.6) is 0 Å². The van der Waals surface area contributed by atoms with Crippen LogP contribution in [-0.2, 0) is 13.0 Å². The van der Waals surface area contributed by atoms with Gasteiger partial charge in [0.2, 0.25) is 0 Å². The average molecular weight is 405 g/mol. The van der Waals surface area contributed by atoms with Crippen molar-refractivity contribution in [1.29, 1.82) is 0 Å². The molecule has 0 aliphatic carbocycles. The molecule has 0 radical (unpaired) electrons. The number of hydrogen-bond donors (Lipinski definition) is 2. The van der Waals surface area contributed by atoms with Crippen molar-refractivity contribution < 1.29 is 9.18 Å². The summed E-state index contributed by atoms with van der Waals surface area (Å²) >= 11 is 0. The molecule has 0 unspecified atom stereocenters. The van der Waals surface area contributed by atoms with Crippen LogP contribution in [0.4, 0.5) is 14.9 Å². The summed E-state index contributed by atoms with van der Waals surface area (Å²) in [6.45, 7) is 0.669. The molecule has 2 aromatic carbocycles. The van der Waals surface area contributed by atoms with Crippen LogP contribution in [0.1, 0.15) is 11.1 Å². The SMILES string of the molecule is O=C(NCCc1cccc(F)c1)Nc1cccc(Cn2nc3ccccn3c2=O)c1. The minimum Gasteiger partial charge on any atom is -0.338 e. The fourth-order valence-electron chi connectivity index (χ4n) is 3.18. The fraction of sp³-hybridized carbons (Fsp3) is 0.136. The topological polar surface area (TPSA) is 80.4 Å². The number of aromatic nitrogens is 3. The highest BCUT2D eigenvalue weighted by atomic mass is 19.1. The van der Waals surface area contributed by atoms with Gasteiger partial charge >= 0.3 is 11.7 Å². The van der Waals surface area contributed by atoms with E-state index in [1.165, 1.54) is 21.2 Å². The lowest BCUT2D eigenvalue weighted by Crippen LogP contribution is -2.30. The highest BCUT2D eigenvalue weighted by molar-refractivity contribution is 5.89. The molecule has 0 atom stereocenters. The van der Waals surface area contributed by atoms with E-state index < -0.39 is 0 Å². The number of halogens is 1. The van der Waals surface area contributed by atoms with Crippen molar-refractivity contribution in [1.82, 2.24) is 19.5 Å². The number of fused-ring (bicyclic) bond motifs is 1. The quantitative estimate of drug-likeness (QED) is 0.517. The van der Waals surface area contributed by atoms with Crippen molar-refractivity contribution in [3.8, 4) is 0 Å². The van der Waals surface area contributed by atoms with Crippen LogP contribution in [0.25, 0.3) is 5.65 Å². The average Bonchev–Trinajstić information content (AvgIpc) is 3.04. The van der Waals surface area contributed by atoms with Crippen LogP contribution < -0.4 is 16.3 Å². The minimum absolute atomic E-state index is 0.223. The van der Waals surface area contributed by atoms with E-state index in [1.54, 1.807) is 42.6 Å². The zero-order chi connectivity index (χ0) is 20.9. The van der Waals surface area contributed by atoms with E-state index in [1.807, 2.05) is 18.2 Å². The van der Waals surface area contributed by atoms with Gasteiger partial charge in [0.15, 0.2) is 5.65 Å². The summed E-state index contributed by atoms with van der Waals surface area (Å²) in [7, 11) is 0. The summed E-state index contributed by atoms with van der Waals surface area (Å²) in [5, 5.41) is 9.84. The number of carbonyl (C=O) groups excluding carboxylic acids is 1. The first-order valence-corrected chi connectivity index (χ1v) is 9.51. The van der Waals surface area contributed by atoms with Crippen molar-refractivity contribution in [3.63, 3.8) is 0 Å². The first-order valence-electron chi connectivity index (χ1n) is 9.51. The lowest BCUT2D eigenvalue weighted by molar-refractivity contribution is 0.252. The minimum atomic E-state index is -0.353. The largest absolute Gasteiger partial charge is 0.350 e. The molecule has 2 aromatic heterocycles. The molecule has 0 aliphatic rings. The summed E-state index contributed by atoms with van der Waals surface area (Å²) in [4.78, 5) is 24.6. The number of pyridine rings is 1. The summed E-state index contributed by atoms with van der Waals surface area (Å²) in [5.41, 5.74) is 2.61. The van der Waals surface area contributed by atoms with Crippen LogP contribution in [0.3, 0.4) is 0 Å². The van der Waals surface area contributed by atoms with Crippen LogP contribution in [0, 0.1) is 5.82 Å². The third-order valence-corrected chi connectivity index (χ3v) is 4.59. The van der Waals surface area contributed by atoms with Gasteiger partial charge in [0.1, 0.15) is 5.82 Å². The van der Waals surface area contributed by atoms with Crippen molar-refractivity contribution in [2.24, 2.45) is 0 Å². The Balaban J connectivity index is 1.36. The summed E-state index contributed by atoms with van der Waals surface area (Å²) < 4.78 is 16.1. The number of nitrogens with one attached hydrogen (secondary N) is 2. The lowest BCUT2D eigenvalue weighted by Gasteiger charge is -2.09. The van der Waals surface area contributed by atoms with Gasteiger partial charge in [-0.1, -0.05) is 30.3 Å². The Morgan fingerprint density at radius 1 is 1.00 bits per heavy atom. The number of nitrogens with zero attached hydrogens (tertiary/aromatic N) is 3. The summed E-state index contributed by atoms with van der Waals surface area (Å²) in [6.07, 6.45) is 2.20. The van der Waals surface area contributed by atoms with Gasteiger partial charge in [-0.05, 0) is 53.9 Å². The van der Waals surface area contributed by atoms with Gasteiger partial charge in [-0.2, -0.15) is 0 Å². The van der Waals surface area contributed by atoms with E-state index >= 15 is 0 Å². The molecular weight excluding hydrogens is 385 g/mol. The molecule has 30 heavy (non-hydrogen) atoms. The third-order valence-electron chi connectivity index (χ3n) is 4.59. The number of urea groups is 1. The predicted octanol–water partition coefficient (Wildman–Crippen LogP) is 3.05. The van der Waals surface area contributed by atoms with E-state index in [4.69, 9.17) is 0 Å². The van der Waals surface area contributed by atoms with E-state index in [2.05, 4.69) is 15.7 Å². The Bertz CT molecular complexity index is 1250. The van der Waals surface area contributed by atoms with Gasteiger partial charge in [0, 0.05) is 18.4 Å². The molecule has 7 nitrogen and oxygen atoms in total. The summed E-state index contributed by atoms with van der Waals surface area (Å²) in [6, 6.07) is 18.5. The number of benzene rings is 2. The highest BCUT2D eigenvalue weighted by Crippen LogP contribution is 2.11. The lowest BCUT2D eigenvalue weighted by atomic mass is 10.1. The van der Waals surface area contributed by atoms with E-state index in [0.29, 0.717) is 24.3 Å². The smallest absolute Gasteiger partial charge is 0.338 e. The predicted molar refractivity (Wildman–Crippen MR) is 112 cm³/mol. The Labute approximate surface area is 171 Å². The fourth-order valence-corrected chi connectivity index (χ4v) is 3.18. The van der Waals surface area contributed by atoms with E-state index in [9.17, 15) is 14.0 Å². The molecule has 152 valence electrons. The van der Waals surface area contributed by atoms with Crippen LogP contribution >= 0.6 is 0 Å². The first kappa shape index (κ1) is 19.4. The Hall–Kier alpha value is -3.94. The molecule has 4 rings (SSSR count). The van der Waals surface area contributed by atoms with Crippen molar-refractivity contribution >= 4 is 17.4 Å². The molecule has 4 aromatic rings. The van der Waals surface area contributed by atoms with Crippen molar-refractivity contribution in [2.45, 2.75) is 13.0 Å². The normalized spacial score (nSPS) is 10.8. The second kappa shape index (κ2) is 8.60. The number of amides is 2. The van der Waals surface area contributed by atoms with Gasteiger partial charge < -0.3 is 10.6 Å². The molecule has 2 N–H and O–H groups in total. The first-order chi connectivity index (χ1) is 14.6. The molecule has 0 saturated carbocycles. The molecular formula is C22H20FN5O2. The van der Waals surface area contributed by atoms with Gasteiger partial charge in [-0.25, -0.2) is 18.7 Å². The highest BCUT2D eigenvalue weighted by Gasteiger charge is 2.08. The van der Waals surface area contributed by atoms with Crippen LogP contribution in [-0.4, -0.2) is 26.8 Å². The van der Waals surface area contributed by atoms with Crippen molar-refractivity contribution in [2.75, 3.05) is 11.9 Å². The van der Waals surface area contributed by atoms with Gasteiger partial charge in [-0.15, -0.1) is 5.10 Å². The van der Waals surface area contributed by atoms with Gasteiger partial charge in [-0.3, -0.25) is 4.40 Å². The summed E-state index contributed by atoms with van der Waals surface area (Å²) in [5.74, 6) is -0.293. The van der Waals surface area contributed by atoms with Crippen molar-refractivity contribution in [3.05, 3.63) is 100 Å². The Kier molecular flexibility index (Phi) is 5.56. The number of rotatable bonds is 6. The molecule has 2 heterocycles. The van der Waals surface area contributed by atoms with Gasteiger partial charge in [0.25, 0.3) is 0 Å². The maximum Gasteiger partial charge on any atom is 0.350 e. The number of carbonyl (C=O) groups is 1. The molecule has 0 saturated heterocycles. The molecule has 0 aliphatic heterocycles. The zero-order valence-corrected chi connectivity index (χ0v) is 16.1. The maximum atomic E-state index is 13.2. The standard InChI is InChI=1S/C22H20FN5O2/c23-18-7-3-5-16(13-18)10-11-24-21(29)25-19-8-4-6-17(14-19)15-28-22(30)27-12-2-1-9-20(27)26-28/h1-9,12-14H,10-11,15H2,(H2,24,25,29).